The monoisotopic (exact) mass is 172 g/mol. The van der Waals surface area contributed by atoms with Crippen molar-refractivity contribution in [2.24, 2.45) is 0 Å². The molecule has 62 valence electrons. The Balaban J connectivity index is 2.24. The molecule has 0 aromatic heterocycles. The summed E-state index contributed by atoms with van der Waals surface area (Å²) in [5, 5.41) is 0. The van der Waals surface area contributed by atoms with Gasteiger partial charge in [-0.1, -0.05) is 6.58 Å². The molecule has 1 heterocycles. The molecular weight excluding hydrogens is 160 g/mol. The van der Waals surface area contributed by atoms with Crippen molar-refractivity contribution < 1.29 is 13.6 Å². The van der Waals surface area contributed by atoms with Crippen LogP contribution in [-0.2, 0) is 13.6 Å². The van der Waals surface area contributed by atoms with Gasteiger partial charge in [0.2, 0.25) is 0 Å². The summed E-state index contributed by atoms with van der Waals surface area (Å²) in [6.07, 6.45) is 3.40. The minimum Gasteiger partial charge on any atom is -0.493 e. The topological polar surface area (TPSA) is 35.5 Å². The van der Waals surface area contributed by atoms with Gasteiger partial charge in [0.25, 0.3) is 0 Å². The molecule has 0 spiro atoms. The molecule has 1 atom stereocenters. The van der Waals surface area contributed by atoms with Crippen molar-refractivity contribution in [3.05, 3.63) is 12.7 Å². The highest BCUT2D eigenvalue weighted by Gasteiger charge is 2.20. The third-order valence-corrected chi connectivity index (χ3v) is 3.53. The molecule has 1 aliphatic rings. The van der Waals surface area contributed by atoms with E-state index in [2.05, 4.69) is 6.58 Å². The largest absolute Gasteiger partial charge is 0.493 e. The number of hydrogen-bond donors (Lipinski definition) is 0. The first-order valence-electron chi connectivity index (χ1n) is 3.77. The molecule has 4 heteroatoms. The maximum Gasteiger partial charge on any atom is 0.385 e. The molecule has 0 amide bonds. The summed E-state index contributed by atoms with van der Waals surface area (Å²) in [6, 6.07) is 0.944. The van der Waals surface area contributed by atoms with E-state index in [0.717, 1.165) is 25.5 Å². The standard InChI is InChI=1S/C7H12O3Si/c1-2-7(8)10-11-6-4-3-5-9-11/h2,11H,1,3-6H2. The Labute approximate surface area is 67.8 Å². The molecule has 0 radical (unpaired) electrons. The van der Waals surface area contributed by atoms with E-state index in [1.165, 1.54) is 6.08 Å². The molecule has 0 aliphatic carbocycles. The van der Waals surface area contributed by atoms with Gasteiger partial charge in [-0.2, -0.15) is 0 Å². The molecule has 0 saturated carbocycles. The lowest BCUT2D eigenvalue weighted by Crippen LogP contribution is -2.29. The van der Waals surface area contributed by atoms with Crippen molar-refractivity contribution in [3.63, 3.8) is 0 Å². The van der Waals surface area contributed by atoms with Gasteiger partial charge in [-0.05, 0) is 18.9 Å². The highest BCUT2D eigenvalue weighted by molar-refractivity contribution is 6.47. The third kappa shape index (κ3) is 2.86. The fraction of sp³-hybridized carbons (Fsp3) is 0.571. The molecule has 0 aromatic rings. The van der Waals surface area contributed by atoms with E-state index in [9.17, 15) is 4.79 Å². The second-order valence-electron chi connectivity index (χ2n) is 2.44. The molecule has 3 nitrogen and oxygen atoms in total. The first kappa shape index (κ1) is 8.48. The van der Waals surface area contributed by atoms with E-state index in [-0.39, 0.29) is 5.97 Å². The molecule has 1 fully saturated rings. The first-order chi connectivity index (χ1) is 5.33. The molecule has 1 saturated heterocycles. The van der Waals surface area contributed by atoms with Gasteiger partial charge in [0, 0.05) is 12.7 Å². The normalized spacial score (nSPS) is 24.2. The average Bonchev–Trinajstić information content (AvgIpc) is 2.06. The molecule has 11 heavy (non-hydrogen) atoms. The van der Waals surface area contributed by atoms with Gasteiger partial charge in [-0.15, -0.1) is 0 Å². The van der Waals surface area contributed by atoms with Crippen LogP contribution in [0.5, 0.6) is 0 Å². The summed E-state index contributed by atoms with van der Waals surface area (Å²) < 4.78 is 10.3. The van der Waals surface area contributed by atoms with Crippen molar-refractivity contribution >= 4 is 15.3 Å². The predicted octanol–water partition coefficient (Wildman–Crippen LogP) is 0.746. The highest BCUT2D eigenvalue weighted by Crippen LogP contribution is 2.11. The smallest absolute Gasteiger partial charge is 0.385 e. The Bertz CT molecular complexity index is 152. The number of carbonyl (C=O) groups is 1. The van der Waals surface area contributed by atoms with Crippen LogP contribution < -0.4 is 0 Å². The molecule has 0 N–H and O–H groups in total. The van der Waals surface area contributed by atoms with Crippen LogP contribution in [0, 0.1) is 0 Å². The summed E-state index contributed by atoms with van der Waals surface area (Å²) in [4.78, 5) is 10.7. The molecule has 0 bridgehead atoms. The van der Waals surface area contributed by atoms with Gasteiger partial charge in [0.15, 0.2) is 0 Å². The van der Waals surface area contributed by atoms with E-state index in [0.29, 0.717) is 0 Å². The average molecular weight is 172 g/mol. The first-order valence-corrected chi connectivity index (χ1v) is 5.53. The van der Waals surface area contributed by atoms with Crippen LogP contribution in [0.15, 0.2) is 12.7 Å². The van der Waals surface area contributed by atoms with Gasteiger partial charge >= 0.3 is 15.3 Å². The Morgan fingerprint density at radius 2 is 2.45 bits per heavy atom. The van der Waals surface area contributed by atoms with Gasteiger partial charge in [0.1, 0.15) is 0 Å². The lowest BCUT2D eigenvalue weighted by atomic mass is 10.4. The minimum atomic E-state index is -1.62. The molecular formula is C7H12O3Si. The maximum absolute atomic E-state index is 10.7. The Kier molecular flexibility index (Phi) is 3.32. The van der Waals surface area contributed by atoms with Crippen LogP contribution in [0.25, 0.3) is 0 Å². The van der Waals surface area contributed by atoms with Gasteiger partial charge in [-0.25, -0.2) is 4.79 Å². The zero-order chi connectivity index (χ0) is 8.10. The lowest BCUT2D eigenvalue weighted by Gasteiger charge is -2.19. The van der Waals surface area contributed by atoms with Crippen LogP contribution in [-0.4, -0.2) is 21.9 Å². The quantitative estimate of drug-likeness (QED) is 0.455. The van der Waals surface area contributed by atoms with Gasteiger partial charge < -0.3 is 8.85 Å². The third-order valence-electron chi connectivity index (χ3n) is 1.55. The lowest BCUT2D eigenvalue weighted by molar-refractivity contribution is -0.130. The van der Waals surface area contributed by atoms with Crippen molar-refractivity contribution in [3.8, 4) is 0 Å². The highest BCUT2D eigenvalue weighted by atomic mass is 28.3. The number of hydrogen-bond acceptors (Lipinski definition) is 3. The second kappa shape index (κ2) is 4.30. The van der Waals surface area contributed by atoms with Crippen LogP contribution in [0.1, 0.15) is 12.8 Å². The van der Waals surface area contributed by atoms with Crippen LogP contribution in [0.3, 0.4) is 0 Å². The van der Waals surface area contributed by atoms with Gasteiger partial charge in [-0.3, -0.25) is 0 Å². The van der Waals surface area contributed by atoms with Crippen molar-refractivity contribution in [2.75, 3.05) is 6.61 Å². The van der Waals surface area contributed by atoms with E-state index in [1.54, 1.807) is 0 Å². The fourth-order valence-corrected chi connectivity index (χ4v) is 2.74. The zero-order valence-corrected chi connectivity index (χ0v) is 7.57. The summed E-state index contributed by atoms with van der Waals surface area (Å²) in [5.41, 5.74) is 0. The predicted molar refractivity (Wildman–Crippen MR) is 43.4 cm³/mol. The summed E-state index contributed by atoms with van der Waals surface area (Å²) in [5.74, 6) is -0.344. The van der Waals surface area contributed by atoms with Crippen molar-refractivity contribution in [2.45, 2.75) is 18.9 Å². The Morgan fingerprint density at radius 1 is 1.64 bits per heavy atom. The number of rotatable bonds is 2. The number of carbonyl (C=O) groups excluding carboxylic acids is 1. The molecule has 1 unspecified atom stereocenters. The summed E-state index contributed by atoms with van der Waals surface area (Å²) in [7, 11) is -1.62. The Hall–Kier alpha value is -0.613. The zero-order valence-electron chi connectivity index (χ0n) is 6.41. The van der Waals surface area contributed by atoms with Crippen LogP contribution >= 0.6 is 0 Å². The SMILES string of the molecule is C=CC(=O)O[SiH]1CCCCO1. The van der Waals surface area contributed by atoms with Crippen molar-refractivity contribution in [1.82, 2.24) is 0 Å². The fourth-order valence-electron chi connectivity index (χ4n) is 0.982. The van der Waals surface area contributed by atoms with E-state index >= 15 is 0 Å². The summed E-state index contributed by atoms with van der Waals surface area (Å²) in [6.45, 7) is 4.07. The van der Waals surface area contributed by atoms with E-state index < -0.39 is 9.28 Å². The molecule has 1 aliphatic heterocycles. The molecule has 0 aromatic carbocycles. The second-order valence-corrected chi connectivity index (χ2v) is 4.44. The van der Waals surface area contributed by atoms with Crippen LogP contribution in [0.4, 0.5) is 0 Å². The van der Waals surface area contributed by atoms with E-state index in [4.69, 9.17) is 8.85 Å². The Morgan fingerprint density at radius 3 is 3.00 bits per heavy atom. The maximum atomic E-state index is 10.7. The van der Waals surface area contributed by atoms with Crippen molar-refractivity contribution in [1.29, 1.82) is 0 Å². The summed E-state index contributed by atoms with van der Waals surface area (Å²) >= 11 is 0. The van der Waals surface area contributed by atoms with Crippen LogP contribution in [0.2, 0.25) is 6.04 Å². The van der Waals surface area contributed by atoms with E-state index in [1.807, 2.05) is 0 Å². The molecule has 1 rings (SSSR count). The minimum absolute atomic E-state index is 0.344. The van der Waals surface area contributed by atoms with Gasteiger partial charge in [0.05, 0.1) is 0 Å².